The molecule has 0 saturated heterocycles. The number of halogens is 1. The van der Waals surface area contributed by atoms with Gasteiger partial charge in [-0.15, -0.1) is 0 Å². The minimum absolute atomic E-state index is 0.0147. The van der Waals surface area contributed by atoms with Crippen molar-refractivity contribution in [2.45, 2.75) is 6.92 Å². The largest absolute Gasteiger partial charge is 0.372 e. The van der Waals surface area contributed by atoms with Gasteiger partial charge in [-0.05, 0) is 48.9 Å². The number of benzene rings is 2. The smallest absolute Gasteiger partial charge is 0.293 e. The number of nitrogens with zero attached hydrogens (tertiary/aromatic N) is 4. The van der Waals surface area contributed by atoms with Gasteiger partial charge in [-0.3, -0.25) is 14.9 Å². The highest BCUT2D eigenvalue weighted by molar-refractivity contribution is 9.10. The average molecular weight is 429 g/mol. The van der Waals surface area contributed by atoms with E-state index in [9.17, 15) is 14.9 Å². The summed E-state index contributed by atoms with van der Waals surface area (Å²) in [6, 6.07) is 12.1. The van der Waals surface area contributed by atoms with Crippen LogP contribution in [0.3, 0.4) is 0 Å². The molecule has 0 N–H and O–H groups in total. The Morgan fingerprint density at radius 1 is 1.19 bits per heavy atom. The van der Waals surface area contributed by atoms with Crippen LogP contribution in [0.15, 0.2) is 57.6 Å². The van der Waals surface area contributed by atoms with Gasteiger partial charge in [0.05, 0.1) is 21.9 Å². The standard InChI is InChI=1S/C19H17BrN4O3/c1-12-16(19(25)23(21-12)15-7-5-14(20)6-8-15)10-13-4-9-17(22(2)3)18(11-13)24(26)27/h4-11H,1-3H3/b16-10-. The van der Waals surface area contributed by atoms with Gasteiger partial charge in [0.2, 0.25) is 0 Å². The molecule has 0 bridgehead atoms. The highest BCUT2D eigenvalue weighted by Gasteiger charge is 2.29. The first-order valence-corrected chi connectivity index (χ1v) is 8.90. The SMILES string of the molecule is CC1=NN(c2ccc(Br)cc2)C(=O)/C1=C\c1ccc(N(C)C)c([N+](=O)[O-])c1. The molecular formula is C19H17BrN4O3. The Morgan fingerprint density at radius 3 is 2.44 bits per heavy atom. The molecule has 0 unspecified atom stereocenters. The van der Waals surface area contributed by atoms with Crippen LogP contribution in [-0.2, 0) is 4.79 Å². The van der Waals surface area contributed by atoms with Gasteiger partial charge in [-0.25, -0.2) is 0 Å². The Hall–Kier alpha value is -3.00. The molecule has 7 nitrogen and oxygen atoms in total. The van der Waals surface area contributed by atoms with Crippen LogP contribution < -0.4 is 9.91 Å². The molecule has 1 aliphatic heterocycles. The van der Waals surface area contributed by atoms with E-state index in [1.807, 2.05) is 12.1 Å². The van der Waals surface area contributed by atoms with E-state index in [-0.39, 0.29) is 11.6 Å². The normalized spacial score (nSPS) is 15.3. The average Bonchev–Trinajstić information content (AvgIpc) is 2.90. The zero-order chi connectivity index (χ0) is 19.7. The van der Waals surface area contributed by atoms with Gasteiger partial charge in [0, 0.05) is 24.6 Å². The van der Waals surface area contributed by atoms with E-state index in [1.54, 1.807) is 56.3 Å². The Kier molecular flexibility index (Phi) is 5.09. The van der Waals surface area contributed by atoms with Crippen LogP contribution in [0.2, 0.25) is 0 Å². The van der Waals surface area contributed by atoms with Gasteiger partial charge in [-0.1, -0.05) is 22.0 Å². The minimum atomic E-state index is -0.428. The number of hydrogen-bond donors (Lipinski definition) is 0. The first kappa shape index (κ1) is 18.8. The van der Waals surface area contributed by atoms with Crippen molar-refractivity contribution in [3.8, 4) is 0 Å². The third kappa shape index (κ3) is 3.75. The minimum Gasteiger partial charge on any atom is -0.372 e. The molecule has 2 aromatic carbocycles. The zero-order valence-electron chi connectivity index (χ0n) is 15.0. The molecular weight excluding hydrogens is 412 g/mol. The van der Waals surface area contributed by atoms with Gasteiger partial charge in [-0.2, -0.15) is 10.1 Å². The molecule has 8 heteroatoms. The lowest BCUT2D eigenvalue weighted by molar-refractivity contribution is -0.384. The highest BCUT2D eigenvalue weighted by Crippen LogP contribution is 2.30. The molecule has 3 rings (SSSR count). The Bertz CT molecular complexity index is 981. The van der Waals surface area contributed by atoms with Crippen LogP contribution in [0, 0.1) is 10.1 Å². The van der Waals surface area contributed by atoms with Crippen molar-refractivity contribution < 1.29 is 9.72 Å². The maximum absolute atomic E-state index is 12.8. The molecule has 0 atom stereocenters. The molecule has 0 radical (unpaired) electrons. The van der Waals surface area contributed by atoms with Crippen LogP contribution in [0.4, 0.5) is 17.1 Å². The lowest BCUT2D eigenvalue weighted by atomic mass is 10.1. The monoisotopic (exact) mass is 428 g/mol. The van der Waals surface area contributed by atoms with E-state index in [4.69, 9.17) is 0 Å². The maximum Gasteiger partial charge on any atom is 0.293 e. The Labute approximate surface area is 164 Å². The van der Waals surface area contributed by atoms with Crippen molar-refractivity contribution in [1.29, 1.82) is 0 Å². The topological polar surface area (TPSA) is 79.0 Å². The Morgan fingerprint density at radius 2 is 1.85 bits per heavy atom. The molecule has 1 amide bonds. The second-order valence-corrected chi connectivity index (χ2v) is 7.15. The molecule has 27 heavy (non-hydrogen) atoms. The lowest BCUT2D eigenvalue weighted by Gasteiger charge is -2.13. The summed E-state index contributed by atoms with van der Waals surface area (Å²) in [5.74, 6) is -0.269. The lowest BCUT2D eigenvalue weighted by Crippen LogP contribution is -2.21. The van der Waals surface area contributed by atoms with Crippen molar-refractivity contribution in [2.75, 3.05) is 24.0 Å². The predicted molar refractivity (Wildman–Crippen MR) is 110 cm³/mol. The molecule has 1 aliphatic rings. The second kappa shape index (κ2) is 7.32. The fraction of sp³-hybridized carbons (Fsp3) is 0.158. The summed E-state index contributed by atoms with van der Waals surface area (Å²) in [6.45, 7) is 1.74. The molecule has 2 aromatic rings. The third-order valence-electron chi connectivity index (χ3n) is 4.12. The number of nitro groups is 1. The molecule has 0 aromatic heterocycles. The number of hydrazone groups is 1. The summed E-state index contributed by atoms with van der Waals surface area (Å²) in [6.07, 6.45) is 1.63. The summed E-state index contributed by atoms with van der Waals surface area (Å²) in [4.78, 5) is 25.4. The van der Waals surface area contributed by atoms with Crippen LogP contribution in [0.25, 0.3) is 6.08 Å². The van der Waals surface area contributed by atoms with Gasteiger partial charge >= 0.3 is 0 Å². The van der Waals surface area contributed by atoms with Gasteiger partial charge in [0.1, 0.15) is 5.69 Å². The number of hydrogen-bond acceptors (Lipinski definition) is 5. The summed E-state index contributed by atoms with van der Waals surface area (Å²) >= 11 is 3.36. The number of rotatable bonds is 4. The summed E-state index contributed by atoms with van der Waals surface area (Å²) < 4.78 is 0.905. The van der Waals surface area contributed by atoms with Gasteiger partial charge < -0.3 is 4.90 Å². The number of carbonyl (C=O) groups excluding carboxylic acids is 1. The van der Waals surface area contributed by atoms with Gasteiger partial charge in [0.25, 0.3) is 11.6 Å². The molecule has 0 spiro atoms. The van der Waals surface area contributed by atoms with Crippen molar-refractivity contribution in [2.24, 2.45) is 5.10 Å². The van der Waals surface area contributed by atoms with E-state index in [2.05, 4.69) is 21.0 Å². The number of nitro benzene ring substituents is 1. The van der Waals surface area contributed by atoms with Crippen molar-refractivity contribution in [3.05, 3.63) is 68.2 Å². The second-order valence-electron chi connectivity index (χ2n) is 6.24. The van der Waals surface area contributed by atoms with Crippen LogP contribution in [0.1, 0.15) is 12.5 Å². The van der Waals surface area contributed by atoms with Crippen molar-refractivity contribution in [1.82, 2.24) is 0 Å². The van der Waals surface area contributed by atoms with Crippen LogP contribution in [-0.4, -0.2) is 30.6 Å². The Balaban J connectivity index is 1.97. The maximum atomic E-state index is 12.8. The van der Waals surface area contributed by atoms with E-state index < -0.39 is 4.92 Å². The molecule has 0 fully saturated rings. The third-order valence-corrected chi connectivity index (χ3v) is 4.65. The summed E-state index contributed by atoms with van der Waals surface area (Å²) in [5, 5.41) is 17.0. The fourth-order valence-electron chi connectivity index (χ4n) is 2.76. The highest BCUT2D eigenvalue weighted by atomic mass is 79.9. The molecule has 138 valence electrons. The van der Waals surface area contributed by atoms with E-state index in [0.29, 0.717) is 28.2 Å². The number of anilines is 2. The molecule has 1 heterocycles. The van der Waals surface area contributed by atoms with Crippen LogP contribution >= 0.6 is 15.9 Å². The van der Waals surface area contributed by atoms with Crippen LogP contribution in [0.5, 0.6) is 0 Å². The number of amides is 1. The zero-order valence-corrected chi connectivity index (χ0v) is 16.6. The molecule has 0 aliphatic carbocycles. The van der Waals surface area contributed by atoms with Crippen molar-refractivity contribution >= 4 is 50.7 Å². The van der Waals surface area contributed by atoms with E-state index >= 15 is 0 Å². The quantitative estimate of drug-likeness (QED) is 0.414. The predicted octanol–water partition coefficient (Wildman–Crippen LogP) is 4.23. The molecule has 0 saturated carbocycles. The first-order valence-electron chi connectivity index (χ1n) is 8.11. The van der Waals surface area contributed by atoms with Crippen molar-refractivity contribution in [3.63, 3.8) is 0 Å². The van der Waals surface area contributed by atoms with E-state index in [0.717, 1.165) is 4.47 Å². The van der Waals surface area contributed by atoms with E-state index in [1.165, 1.54) is 11.1 Å². The summed E-state index contributed by atoms with van der Waals surface area (Å²) in [7, 11) is 3.49. The van der Waals surface area contributed by atoms with Gasteiger partial charge in [0.15, 0.2) is 0 Å². The number of carbonyl (C=O) groups is 1. The first-order chi connectivity index (χ1) is 12.8. The summed E-state index contributed by atoms with van der Waals surface area (Å²) in [5.41, 5.74) is 2.68. The fourth-order valence-corrected chi connectivity index (χ4v) is 3.03.